The molecule has 1 amide bonds. The molecular formula is C18H26N2O2S. The third-order valence-electron chi connectivity index (χ3n) is 5.01. The first-order valence-corrected chi connectivity index (χ1v) is 9.64. The molecule has 5 heteroatoms. The van der Waals surface area contributed by atoms with Crippen molar-refractivity contribution in [2.75, 3.05) is 31.6 Å². The first kappa shape index (κ1) is 16.8. The molecule has 2 saturated heterocycles. The average Bonchev–Trinajstić information content (AvgIpc) is 3.11. The van der Waals surface area contributed by atoms with Crippen LogP contribution in [0.25, 0.3) is 0 Å². The van der Waals surface area contributed by atoms with E-state index in [-0.39, 0.29) is 18.1 Å². The number of carbonyl (C=O) groups is 1. The van der Waals surface area contributed by atoms with E-state index in [0.717, 1.165) is 49.4 Å². The van der Waals surface area contributed by atoms with E-state index in [1.54, 1.807) is 0 Å². The van der Waals surface area contributed by atoms with Gasteiger partial charge >= 0.3 is 0 Å². The van der Waals surface area contributed by atoms with Crippen LogP contribution < -0.4 is 0 Å². The summed E-state index contributed by atoms with van der Waals surface area (Å²) in [7, 11) is 1.95. The first-order chi connectivity index (χ1) is 11.2. The summed E-state index contributed by atoms with van der Waals surface area (Å²) in [6.45, 7) is 1.56. The lowest BCUT2D eigenvalue weighted by molar-refractivity contribution is -0.138. The number of aliphatic hydroxyl groups excluding tert-OH is 1. The second-order valence-corrected chi connectivity index (χ2v) is 7.70. The van der Waals surface area contributed by atoms with Crippen LogP contribution in [-0.4, -0.2) is 64.6 Å². The third kappa shape index (κ3) is 3.90. The fourth-order valence-corrected chi connectivity index (χ4v) is 4.76. The summed E-state index contributed by atoms with van der Waals surface area (Å²) in [6, 6.07) is 10.2. The number of carbonyl (C=O) groups excluding carboxylic acids is 1. The summed E-state index contributed by atoms with van der Waals surface area (Å²) in [5.74, 6) is 2.39. The number of nitrogens with zero attached hydrogens (tertiary/aromatic N) is 2. The van der Waals surface area contributed by atoms with Gasteiger partial charge in [-0.1, -0.05) is 30.3 Å². The third-order valence-corrected chi connectivity index (χ3v) is 6.16. The van der Waals surface area contributed by atoms with Crippen molar-refractivity contribution in [1.82, 2.24) is 9.80 Å². The van der Waals surface area contributed by atoms with Gasteiger partial charge in [0.2, 0.25) is 5.91 Å². The van der Waals surface area contributed by atoms with E-state index in [2.05, 4.69) is 4.90 Å². The Morgan fingerprint density at radius 2 is 1.96 bits per heavy atom. The molecule has 0 spiro atoms. The molecular weight excluding hydrogens is 308 g/mol. The van der Waals surface area contributed by atoms with E-state index < -0.39 is 0 Å². The normalized spacial score (nSPS) is 24.5. The maximum Gasteiger partial charge on any atom is 0.244 e. The zero-order chi connectivity index (χ0) is 16.2. The van der Waals surface area contributed by atoms with Crippen LogP contribution in [0, 0.1) is 0 Å². The van der Waals surface area contributed by atoms with Gasteiger partial charge in [-0.2, -0.15) is 11.8 Å². The van der Waals surface area contributed by atoms with Crippen LogP contribution in [0.5, 0.6) is 0 Å². The molecule has 3 rings (SSSR count). The molecule has 2 fully saturated rings. The topological polar surface area (TPSA) is 43.8 Å². The zero-order valence-corrected chi connectivity index (χ0v) is 14.5. The number of benzene rings is 1. The van der Waals surface area contributed by atoms with Crippen molar-refractivity contribution in [3.63, 3.8) is 0 Å². The van der Waals surface area contributed by atoms with Gasteiger partial charge in [-0.05, 0) is 30.6 Å². The number of likely N-dealkylation sites (tertiary alicyclic amines) is 1. The standard InChI is InChI=1S/C18H26N2O2S/c1-19(15-9-12-23-13-15)18(22)17(14-5-3-2-4-6-14)20-10-7-16(21)8-11-20/h2-6,15-17,21H,7-13H2,1H3. The number of piperidine rings is 1. The SMILES string of the molecule is CN(C(=O)C(c1ccccc1)N1CCC(O)CC1)C1CCSC1. The predicted molar refractivity (Wildman–Crippen MR) is 94.5 cm³/mol. The molecule has 1 aromatic carbocycles. The fourth-order valence-electron chi connectivity index (χ4n) is 3.49. The molecule has 4 nitrogen and oxygen atoms in total. The highest BCUT2D eigenvalue weighted by Gasteiger charge is 2.35. The molecule has 0 aromatic heterocycles. The number of likely N-dealkylation sites (N-methyl/N-ethyl adjacent to an activating group) is 1. The van der Waals surface area contributed by atoms with Gasteiger partial charge < -0.3 is 10.0 Å². The molecule has 0 saturated carbocycles. The number of hydrogen-bond acceptors (Lipinski definition) is 4. The van der Waals surface area contributed by atoms with Gasteiger partial charge in [-0.15, -0.1) is 0 Å². The van der Waals surface area contributed by atoms with Gasteiger partial charge in [-0.25, -0.2) is 0 Å². The first-order valence-electron chi connectivity index (χ1n) is 8.48. The fraction of sp³-hybridized carbons (Fsp3) is 0.611. The highest BCUT2D eigenvalue weighted by Crippen LogP contribution is 2.29. The minimum atomic E-state index is -0.223. The van der Waals surface area contributed by atoms with Crippen molar-refractivity contribution in [3.8, 4) is 0 Å². The van der Waals surface area contributed by atoms with Gasteiger partial charge in [-0.3, -0.25) is 9.69 Å². The largest absolute Gasteiger partial charge is 0.393 e. The van der Waals surface area contributed by atoms with Crippen LogP contribution in [0.2, 0.25) is 0 Å². The lowest BCUT2D eigenvalue weighted by Gasteiger charge is -2.38. The van der Waals surface area contributed by atoms with Crippen LogP contribution in [-0.2, 0) is 4.79 Å². The molecule has 0 radical (unpaired) electrons. The highest BCUT2D eigenvalue weighted by molar-refractivity contribution is 7.99. The minimum Gasteiger partial charge on any atom is -0.393 e. The molecule has 1 aromatic rings. The van der Waals surface area contributed by atoms with Crippen LogP contribution in [0.4, 0.5) is 0 Å². The Hall–Kier alpha value is -1.04. The monoisotopic (exact) mass is 334 g/mol. The lowest BCUT2D eigenvalue weighted by Crippen LogP contribution is -2.48. The zero-order valence-electron chi connectivity index (χ0n) is 13.7. The van der Waals surface area contributed by atoms with E-state index in [0.29, 0.717) is 6.04 Å². The van der Waals surface area contributed by atoms with E-state index in [1.807, 2.05) is 54.0 Å². The second kappa shape index (κ2) is 7.69. The van der Waals surface area contributed by atoms with E-state index in [1.165, 1.54) is 0 Å². The van der Waals surface area contributed by atoms with E-state index in [4.69, 9.17) is 0 Å². The Morgan fingerprint density at radius 1 is 1.26 bits per heavy atom. The van der Waals surface area contributed by atoms with Gasteiger partial charge in [0, 0.05) is 31.9 Å². The molecule has 0 bridgehead atoms. The molecule has 2 heterocycles. The Bertz CT molecular complexity index is 511. The smallest absolute Gasteiger partial charge is 0.244 e. The van der Waals surface area contributed by atoms with Crippen LogP contribution in [0.1, 0.15) is 30.9 Å². The van der Waals surface area contributed by atoms with Crippen molar-refractivity contribution in [2.45, 2.75) is 37.5 Å². The molecule has 126 valence electrons. The summed E-state index contributed by atoms with van der Waals surface area (Å²) in [6.07, 6.45) is 2.37. The number of hydrogen-bond donors (Lipinski definition) is 1. The Balaban J connectivity index is 1.81. The number of aliphatic hydroxyl groups is 1. The Kier molecular flexibility index (Phi) is 5.62. The van der Waals surface area contributed by atoms with Crippen molar-refractivity contribution in [1.29, 1.82) is 0 Å². The quantitative estimate of drug-likeness (QED) is 0.916. The van der Waals surface area contributed by atoms with Gasteiger partial charge in [0.15, 0.2) is 0 Å². The molecule has 1 N–H and O–H groups in total. The lowest BCUT2D eigenvalue weighted by atomic mass is 9.99. The molecule has 2 aliphatic heterocycles. The van der Waals surface area contributed by atoms with Crippen molar-refractivity contribution in [2.24, 2.45) is 0 Å². The van der Waals surface area contributed by atoms with Gasteiger partial charge in [0.1, 0.15) is 6.04 Å². The molecule has 2 atom stereocenters. The van der Waals surface area contributed by atoms with E-state index >= 15 is 0 Å². The Labute approximate surface area is 142 Å². The number of amides is 1. The van der Waals surface area contributed by atoms with Crippen molar-refractivity contribution < 1.29 is 9.90 Å². The van der Waals surface area contributed by atoms with E-state index in [9.17, 15) is 9.90 Å². The van der Waals surface area contributed by atoms with Crippen LogP contribution in [0.3, 0.4) is 0 Å². The summed E-state index contributed by atoms with van der Waals surface area (Å²) < 4.78 is 0. The highest BCUT2D eigenvalue weighted by atomic mass is 32.2. The molecule has 2 aliphatic rings. The summed E-state index contributed by atoms with van der Waals surface area (Å²) in [4.78, 5) is 17.4. The molecule has 2 unspecified atom stereocenters. The predicted octanol–water partition coefficient (Wildman–Crippen LogP) is 2.15. The summed E-state index contributed by atoms with van der Waals surface area (Å²) >= 11 is 1.93. The average molecular weight is 334 g/mol. The van der Waals surface area contributed by atoms with Crippen molar-refractivity contribution >= 4 is 17.7 Å². The number of thioether (sulfide) groups is 1. The molecule has 0 aliphatic carbocycles. The van der Waals surface area contributed by atoms with Gasteiger partial charge in [0.25, 0.3) is 0 Å². The minimum absolute atomic E-state index is 0.195. The maximum absolute atomic E-state index is 13.2. The second-order valence-electron chi connectivity index (χ2n) is 6.55. The summed E-state index contributed by atoms with van der Waals surface area (Å²) in [5, 5.41) is 9.77. The summed E-state index contributed by atoms with van der Waals surface area (Å²) in [5.41, 5.74) is 1.06. The van der Waals surface area contributed by atoms with Crippen LogP contribution in [0.15, 0.2) is 30.3 Å². The van der Waals surface area contributed by atoms with Gasteiger partial charge in [0.05, 0.1) is 6.10 Å². The maximum atomic E-state index is 13.2. The number of rotatable bonds is 4. The van der Waals surface area contributed by atoms with Crippen molar-refractivity contribution in [3.05, 3.63) is 35.9 Å². The Morgan fingerprint density at radius 3 is 2.57 bits per heavy atom. The van der Waals surface area contributed by atoms with Crippen LogP contribution >= 0.6 is 11.8 Å². The molecule has 23 heavy (non-hydrogen) atoms.